The van der Waals surface area contributed by atoms with Gasteiger partial charge in [0, 0.05) is 0 Å². The molecule has 0 aromatic carbocycles. The summed E-state index contributed by atoms with van der Waals surface area (Å²) in [5.41, 5.74) is 10.2. The largest absolute Gasteiger partial charge is 0.481 e. The number of rotatable bonds is 4. The summed E-state index contributed by atoms with van der Waals surface area (Å²) < 4.78 is 0. The number of carboxylic acid groups (broad SMARTS) is 1. The van der Waals surface area contributed by atoms with Crippen LogP contribution in [0.15, 0.2) is 4.99 Å². The van der Waals surface area contributed by atoms with Crippen LogP contribution in [0.1, 0.15) is 19.8 Å². The molecule has 0 aliphatic heterocycles. The monoisotopic (exact) mass is 159 g/mol. The van der Waals surface area contributed by atoms with Crippen molar-refractivity contribution in [2.75, 3.05) is 0 Å². The van der Waals surface area contributed by atoms with Gasteiger partial charge in [-0.15, -0.1) is 0 Å². The van der Waals surface area contributed by atoms with E-state index >= 15 is 0 Å². The summed E-state index contributed by atoms with van der Waals surface area (Å²) in [6.07, 6.45) is 0.610. The predicted molar refractivity (Wildman–Crippen MR) is 42.1 cm³/mol. The van der Waals surface area contributed by atoms with Gasteiger partial charge in [-0.1, -0.05) is 6.92 Å². The Morgan fingerprint density at radius 1 is 1.64 bits per heavy atom. The summed E-state index contributed by atoms with van der Waals surface area (Å²) in [6.45, 7) is 1.83. The second kappa shape index (κ2) is 4.54. The number of carbonyl (C=O) groups is 1. The van der Waals surface area contributed by atoms with E-state index < -0.39 is 5.97 Å². The third kappa shape index (κ3) is 5.20. The van der Waals surface area contributed by atoms with Crippen molar-refractivity contribution < 1.29 is 9.90 Å². The fraction of sp³-hybridized carbons (Fsp3) is 0.667. The van der Waals surface area contributed by atoms with Crippen LogP contribution in [0.2, 0.25) is 0 Å². The maximum absolute atomic E-state index is 10.2. The Morgan fingerprint density at radius 2 is 2.18 bits per heavy atom. The average Bonchev–Trinajstić information content (AvgIpc) is 1.84. The van der Waals surface area contributed by atoms with Gasteiger partial charge in [0.05, 0.1) is 12.5 Å². The van der Waals surface area contributed by atoms with E-state index in [-0.39, 0.29) is 18.4 Å². The van der Waals surface area contributed by atoms with Crippen molar-refractivity contribution in [3.8, 4) is 0 Å². The van der Waals surface area contributed by atoms with Crippen LogP contribution in [0.3, 0.4) is 0 Å². The fourth-order valence-corrected chi connectivity index (χ4v) is 0.694. The highest BCUT2D eigenvalue weighted by Gasteiger charge is 2.08. The van der Waals surface area contributed by atoms with Crippen LogP contribution < -0.4 is 11.5 Å². The Hall–Kier alpha value is -1.26. The smallest absolute Gasteiger partial charge is 0.305 e. The van der Waals surface area contributed by atoms with Crippen molar-refractivity contribution in [3.05, 3.63) is 0 Å². The predicted octanol–water partition coefficient (Wildman–Crippen LogP) is -0.487. The van der Waals surface area contributed by atoms with Crippen molar-refractivity contribution in [2.45, 2.75) is 25.8 Å². The Bertz CT molecular complexity index is 163. The number of guanidine groups is 1. The minimum atomic E-state index is -0.887. The van der Waals surface area contributed by atoms with Crippen molar-refractivity contribution in [1.29, 1.82) is 0 Å². The molecule has 0 aliphatic rings. The van der Waals surface area contributed by atoms with Crippen molar-refractivity contribution in [3.63, 3.8) is 0 Å². The Balaban J connectivity index is 3.96. The molecule has 0 heterocycles. The normalized spacial score (nSPS) is 12.1. The summed E-state index contributed by atoms with van der Waals surface area (Å²) in [5, 5.41) is 8.38. The molecule has 0 spiro atoms. The van der Waals surface area contributed by atoms with Gasteiger partial charge in [-0.25, -0.2) is 4.99 Å². The molecule has 0 rings (SSSR count). The second-order valence-corrected chi connectivity index (χ2v) is 2.21. The molecule has 0 aromatic heterocycles. The Morgan fingerprint density at radius 3 is 2.45 bits per heavy atom. The van der Waals surface area contributed by atoms with E-state index in [0.717, 1.165) is 0 Å². The molecule has 1 unspecified atom stereocenters. The zero-order valence-corrected chi connectivity index (χ0v) is 6.45. The number of nitrogens with zero attached hydrogens (tertiary/aromatic N) is 1. The molecule has 0 amide bonds. The number of hydrogen-bond acceptors (Lipinski definition) is 2. The van der Waals surface area contributed by atoms with Gasteiger partial charge in [0.2, 0.25) is 0 Å². The Labute approximate surface area is 65.1 Å². The first kappa shape index (κ1) is 9.74. The first-order valence-electron chi connectivity index (χ1n) is 3.36. The van der Waals surface area contributed by atoms with Crippen molar-refractivity contribution in [2.24, 2.45) is 16.5 Å². The van der Waals surface area contributed by atoms with E-state index in [1.165, 1.54) is 0 Å². The van der Waals surface area contributed by atoms with Crippen LogP contribution in [0.4, 0.5) is 0 Å². The van der Waals surface area contributed by atoms with Gasteiger partial charge in [0.15, 0.2) is 5.96 Å². The molecule has 0 aromatic rings. The van der Waals surface area contributed by atoms with Crippen molar-refractivity contribution in [1.82, 2.24) is 0 Å². The lowest BCUT2D eigenvalue weighted by Gasteiger charge is -2.05. The number of hydrogen-bond donors (Lipinski definition) is 3. The van der Waals surface area contributed by atoms with Gasteiger partial charge >= 0.3 is 5.97 Å². The van der Waals surface area contributed by atoms with E-state index in [1.54, 1.807) is 0 Å². The molecule has 5 N–H and O–H groups in total. The lowest BCUT2D eigenvalue weighted by molar-refractivity contribution is -0.137. The first-order chi connectivity index (χ1) is 5.06. The molecular formula is C6H13N3O2. The molecule has 0 aliphatic carbocycles. The van der Waals surface area contributed by atoms with E-state index in [0.29, 0.717) is 6.42 Å². The summed E-state index contributed by atoms with van der Waals surface area (Å²) >= 11 is 0. The van der Waals surface area contributed by atoms with Crippen LogP contribution >= 0.6 is 0 Å². The molecule has 5 nitrogen and oxygen atoms in total. The standard InChI is InChI=1S/C6H13N3O2/c1-2-4(3-5(10)11)9-6(7)8/h4H,2-3H2,1H3,(H,10,11)(H4,7,8,9). The van der Waals surface area contributed by atoms with Crippen LogP contribution in [0, 0.1) is 0 Å². The van der Waals surface area contributed by atoms with Gasteiger partial charge in [0.1, 0.15) is 0 Å². The number of aliphatic imine (C=N–C) groups is 1. The molecule has 5 heteroatoms. The number of carboxylic acids is 1. The molecule has 0 bridgehead atoms. The highest BCUT2D eigenvalue weighted by molar-refractivity contribution is 5.76. The minimum absolute atomic E-state index is 0.0194. The quantitative estimate of drug-likeness (QED) is 0.380. The fourth-order valence-electron chi connectivity index (χ4n) is 0.694. The zero-order chi connectivity index (χ0) is 8.85. The maximum atomic E-state index is 10.2. The third-order valence-electron chi connectivity index (χ3n) is 1.21. The molecule has 64 valence electrons. The zero-order valence-electron chi connectivity index (χ0n) is 6.45. The number of nitrogens with two attached hydrogens (primary N) is 2. The summed E-state index contributed by atoms with van der Waals surface area (Å²) in [5.74, 6) is -0.944. The molecule has 1 atom stereocenters. The van der Waals surface area contributed by atoms with E-state index in [1.807, 2.05) is 6.92 Å². The van der Waals surface area contributed by atoms with Crippen LogP contribution in [-0.4, -0.2) is 23.1 Å². The van der Waals surface area contributed by atoms with Gasteiger partial charge in [-0.3, -0.25) is 4.79 Å². The summed E-state index contributed by atoms with van der Waals surface area (Å²) in [6, 6.07) is -0.294. The average molecular weight is 159 g/mol. The van der Waals surface area contributed by atoms with E-state index in [9.17, 15) is 4.79 Å². The van der Waals surface area contributed by atoms with Gasteiger partial charge in [-0.05, 0) is 6.42 Å². The SMILES string of the molecule is CCC(CC(=O)O)N=C(N)N. The highest BCUT2D eigenvalue weighted by Crippen LogP contribution is 2.01. The van der Waals surface area contributed by atoms with Crippen LogP contribution in [-0.2, 0) is 4.79 Å². The number of aliphatic carboxylic acids is 1. The molecule has 0 radical (unpaired) electrons. The molecule has 0 saturated carbocycles. The van der Waals surface area contributed by atoms with E-state index in [2.05, 4.69) is 4.99 Å². The molecule has 11 heavy (non-hydrogen) atoms. The topological polar surface area (TPSA) is 102 Å². The highest BCUT2D eigenvalue weighted by atomic mass is 16.4. The summed E-state index contributed by atoms with van der Waals surface area (Å²) in [7, 11) is 0. The molecule has 0 fully saturated rings. The van der Waals surface area contributed by atoms with Crippen LogP contribution in [0.25, 0.3) is 0 Å². The second-order valence-electron chi connectivity index (χ2n) is 2.21. The lowest BCUT2D eigenvalue weighted by Crippen LogP contribution is -2.26. The van der Waals surface area contributed by atoms with Crippen molar-refractivity contribution >= 4 is 11.9 Å². The van der Waals surface area contributed by atoms with Gasteiger partial charge in [-0.2, -0.15) is 0 Å². The molecule has 0 saturated heterocycles. The Kier molecular flexibility index (Phi) is 4.02. The van der Waals surface area contributed by atoms with Gasteiger partial charge < -0.3 is 16.6 Å². The molecular weight excluding hydrogens is 146 g/mol. The van der Waals surface area contributed by atoms with Gasteiger partial charge in [0.25, 0.3) is 0 Å². The summed E-state index contributed by atoms with van der Waals surface area (Å²) in [4.78, 5) is 13.9. The first-order valence-corrected chi connectivity index (χ1v) is 3.36. The minimum Gasteiger partial charge on any atom is -0.481 e. The third-order valence-corrected chi connectivity index (χ3v) is 1.21. The van der Waals surface area contributed by atoms with Crippen LogP contribution in [0.5, 0.6) is 0 Å². The lowest BCUT2D eigenvalue weighted by atomic mass is 10.2. The van der Waals surface area contributed by atoms with E-state index in [4.69, 9.17) is 16.6 Å². The maximum Gasteiger partial charge on any atom is 0.305 e.